The molecule has 0 saturated heterocycles. The van der Waals surface area contributed by atoms with E-state index in [0.29, 0.717) is 18.0 Å². The van der Waals surface area contributed by atoms with Gasteiger partial charge in [-0.15, -0.1) is 0 Å². The van der Waals surface area contributed by atoms with Crippen LogP contribution in [0, 0.1) is 0 Å². The lowest BCUT2D eigenvalue weighted by atomic mass is 10.2. The zero-order chi connectivity index (χ0) is 14.5. The van der Waals surface area contributed by atoms with E-state index < -0.39 is 10.0 Å². The number of rotatable bonds is 7. The fourth-order valence-electron chi connectivity index (χ4n) is 1.92. The van der Waals surface area contributed by atoms with Crippen LogP contribution in [-0.2, 0) is 16.4 Å². The molecule has 0 heterocycles. The van der Waals surface area contributed by atoms with E-state index in [1.54, 1.807) is 24.3 Å². The average Bonchev–Trinajstić information content (AvgIpc) is 2.28. The lowest BCUT2D eigenvalue weighted by Gasteiger charge is -2.18. The molecule has 19 heavy (non-hydrogen) atoms. The number of nitrogens with two attached hydrogens (primary N) is 1. The lowest BCUT2D eigenvalue weighted by Crippen LogP contribution is -2.39. The maximum Gasteiger partial charge on any atom is 0.240 e. The highest BCUT2D eigenvalue weighted by molar-refractivity contribution is 7.89. The molecule has 1 rings (SSSR count). The van der Waals surface area contributed by atoms with Gasteiger partial charge in [0.05, 0.1) is 4.90 Å². The van der Waals surface area contributed by atoms with Gasteiger partial charge in [0.1, 0.15) is 0 Å². The Morgan fingerprint density at radius 1 is 1.26 bits per heavy atom. The van der Waals surface area contributed by atoms with E-state index in [-0.39, 0.29) is 6.04 Å². The summed E-state index contributed by atoms with van der Waals surface area (Å²) in [6.45, 7) is 3.06. The third-order valence-electron chi connectivity index (χ3n) is 2.66. The molecular weight excluding hydrogens is 262 g/mol. The van der Waals surface area contributed by atoms with Crippen LogP contribution >= 0.6 is 0 Å². The summed E-state index contributed by atoms with van der Waals surface area (Å²) in [7, 11) is 0.374. The highest BCUT2D eigenvalue weighted by atomic mass is 32.2. The molecule has 1 aromatic rings. The van der Waals surface area contributed by atoms with Crippen LogP contribution in [0.2, 0.25) is 0 Å². The van der Waals surface area contributed by atoms with Gasteiger partial charge in [-0.1, -0.05) is 12.1 Å². The topological polar surface area (TPSA) is 75.4 Å². The van der Waals surface area contributed by atoms with E-state index in [0.717, 1.165) is 12.0 Å². The van der Waals surface area contributed by atoms with Crippen LogP contribution in [0.4, 0.5) is 0 Å². The van der Waals surface area contributed by atoms with Crippen molar-refractivity contribution in [2.24, 2.45) is 5.73 Å². The van der Waals surface area contributed by atoms with Crippen LogP contribution in [0.25, 0.3) is 0 Å². The molecular formula is C13H23N3O2S. The molecule has 0 saturated carbocycles. The fourth-order valence-corrected chi connectivity index (χ4v) is 3.15. The zero-order valence-electron chi connectivity index (χ0n) is 11.8. The number of sulfonamides is 1. The first-order valence-corrected chi connectivity index (χ1v) is 7.79. The number of hydrogen-bond donors (Lipinski definition) is 2. The number of nitrogens with one attached hydrogen (secondary N) is 1. The number of hydrogen-bond acceptors (Lipinski definition) is 4. The summed E-state index contributed by atoms with van der Waals surface area (Å²) < 4.78 is 26.9. The minimum absolute atomic E-state index is 0.135. The number of likely N-dealkylation sites (N-methyl/N-ethyl adjacent to an activating group) is 1. The largest absolute Gasteiger partial charge is 0.330 e. The maximum absolute atomic E-state index is 12.1. The van der Waals surface area contributed by atoms with Gasteiger partial charge in [-0.2, -0.15) is 0 Å². The molecule has 1 unspecified atom stereocenters. The summed E-state index contributed by atoms with van der Waals surface area (Å²) in [6.07, 6.45) is 0.755. The van der Waals surface area contributed by atoms with Crippen LogP contribution in [-0.4, -0.2) is 46.5 Å². The molecule has 5 nitrogen and oxygen atoms in total. The van der Waals surface area contributed by atoms with Gasteiger partial charge in [0, 0.05) is 12.6 Å². The summed E-state index contributed by atoms with van der Waals surface area (Å²) in [4.78, 5) is 2.23. The van der Waals surface area contributed by atoms with Crippen LogP contribution in [0.1, 0.15) is 12.5 Å². The molecule has 3 N–H and O–H groups in total. The molecule has 0 aliphatic rings. The predicted molar refractivity (Wildman–Crippen MR) is 77.5 cm³/mol. The minimum Gasteiger partial charge on any atom is -0.330 e. The average molecular weight is 285 g/mol. The van der Waals surface area contributed by atoms with Crippen molar-refractivity contribution in [3.05, 3.63) is 29.8 Å². The highest BCUT2D eigenvalue weighted by Gasteiger charge is 2.17. The molecule has 0 radical (unpaired) electrons. The summed E-state index contributed by atoms with van der Waals surface area (Å²) >= 11 is 0. The quantitative estimate of drug-likeness (QED) is 0.761. The molecule has 0 aromatic heterocycles. The summed E-state index contributed by atoms with van der Waals surface area (Å²) in [5.74, 6) is 0. The van der Waals surface area contributed by atoms with E-state index in [1.165, 1.54) is 0 Å². The van der Waals surface area contributed by atoms with E-state index in [1.807, 2.05) is 25.9 Å². The summed E-state index contributed by atoms with van der Waals surface area (Å²) in [6, 6.07) is 6.71. The van der Waals surface area contributed by atoms with E-state index in [2.05, 4.69) is 4.72 Å². The molecule has 0 aliphatic heterocycles. The van der Waals surface area contributed by atoms with Crippen LogP contribution in [0.5, 0.6) is 0 Å². The molecule has 0 spiro atoms. The lowest BCUT2D eigenvalue weighted by molar-refractivity contribution is 0.370. The fraction of sp³-hybridized carbons (Fsp3) is 0.538. The highest BCUT2D eigenvalue weighted by Crippen LogP contribution is 2.11. The van der Waals surface area contributed by atoms with Crippen LogP contribution in [0.3, 0.4) is 0 Å². The standard InChI is InChI=1S/C13H23N3O2S/c1-11(10-16(2)3)15-19(17,18)13-6-4-12(5-7-13)8-9-14/h4-7,11,15H,8-10,14H2,1-3H3. The second kappa shape index (κ2) is 7.00. The van der Waals surface area contributed by atoms with Crippen molar-refractivity contribution in [1.82, 2.24) is 9.62 Å². The summed E-state index contributed by atoms with van der Waals surface area (Å²) in [5.41, 5.74) is 6.51. The van der Waals surface area contributed by atoms with Gasteiger partial charge in [0.15, 0.2) is 0 Å². The van der Waals surface area contributed by atoms with Crippen molar-refractivity contribution in [1.29, 1.82) is 0 Å². The van der Waals surface area contributed by atoms with Gasteiger partial charge in [-0.25, -0.2) is 13.1 Å². The first kappa shape index (κ1) is 16.1. The van der Waals surface area contributed by atoms with Crippen molar-refractivity contribution in [3.63, 3.8) is 0 Å². The Morgan fingerprint density at radius 3 is 2.32 bits per heavy atom. The zero-order valence-corrected chi connectivity index (χ0v) is 12.6. The summed E-state index contributed by atoms with van der Waals surface area (Å²) in [5, 5.41) is 0. The molecule has 1 aromatic carbocycles. The van der Waals surface area contributed by atoms with Gasteiger partial charge in [-0.05, 0) is 51.7 Å². The smallest absolute Gasteiger partial charge is 0.240 e. The Bertz CT molecular complexity index is 483. The minimum atomic E-state index is -3.44. The Kier molecular flexibility index (Phi) is 5.93. The Hall–Kier alpha value is -0.950. The molecule has 6 heteroatoms. The monoisotopic (exact) mass is 285 g/mol. The van der Waals surface area contributed by atoms with Crippen molar-refractivity contribution >= 4 is 10.0 Å². The first-order valence-electron chi connectivity index (χ1n) is 6.31. The van der Waals surface area contributed by atoms with Crippen molar-refractivity contribution in [3.8, 4) is 0 Å². The Labute approximate surface area is 115 Å². The number of benzene rings is 1. The predicted octanol–water partition coefficient (Wildman–Crippen LogP) is 0.416. The van der Waals surface area contributed by atoms with Gasteiger partial charge in [0.2, 0.25) is 10.0 Å². The maximum atomic E-state index is 12.1. The van der Waals surface area contributed by atoms with Crippen LogP contribution < -0.4 is 10.5 Å². The Balaban J connectivity index is 2.76. The molecule has 0 fully saturated rings. The second-order valence-corrected chi connectivity index (χ2v) is 6.68. The van der Waals surface area contributed by atoms with Crippen LogP contribution in [0.15, 0.2) is 29.2 Å². The van der Waals surface area contributed by atoms with Gasteiger partial charge in [-0.3, -0.25) is 0 Å². The van der Waals surface area contributed by atoms with Gasteiger partial charge in [0.25, 0.3) is 0 Å². The molecule has 1 atom stereocenters. The van der Waals surface area contributed by atoms with E-state index in [4.69, 9.17) is 5.73 Å². The third kappa shape index (κ3) is 5.28. The SMILES string of the molecule is CC(CN(C)C)NS(=O)(=O)c1ccc(CCN)cc1. The molecule has 0 aliphatic carbocycles. The molecule has 0 bridgehead atoms. The van der Waals surface area contributed by atoms with Crippen molar-refractivity contribution < 1.29 is 8.42 Å². The number of nitrogens with zero attached hydrogens (tertiary/aromatic N) is 1. The second-order valence-electron chi connectivity index (χ2n) is 4.97. The normalized spacial score (nSPS) is 13.7. The molecule has 108 valence electrons. The van der Waals surface area contributed by atoms with Gasteiger partial charge >= 0.3 is 0 Å². The van der Waals surface area contributed by atoms with Crippen molar-refractivity contribution in [2.45, 2.75) is 24.3 Å². The van der Waals surface area contributed by atoms with E-state index >= 15 is 0 Å². The van der Waals surface area contributed by atoms with Crippen molar-refractivity contribution in [2.75, 3.05) is 27.2 Å². The Morgan fingerprint density at radius 2 is 1.84 bits per heavy atom. The third-order valence-corrected chi connectivity index (χ3v) is 4.27. The molecule has 0 amide bonds. The van der Waals surface area contributed by atoms with E-state index in [9.17, 15) is 8.42 Å². The van der Waals surface area contributed by atoms with Gasteiger partial charge < -0.3 is 10.6 Å². The first-order chi connectivity index (χ1) is 8.85.